The minimum atomic E-state index is -2.78. The molecule has 0 fully saturated rings. The zero-order valence-corrected chi connectivity index (χ0v) is 42.8. The first kappa shape index (κ1) is 44.0. The van der Waals surface area contributed by atoms with Crippen molar-refractivity contribution in [1.29, 1.82) is 0 Å². The summed E-state index contributed by atoms with van der Waals surface area (Å²) in [7, 11) is -2.78. The Hall–Kier alpha value is -9.54. The first-order chi connectivity index (χ1) is 37.7. The summed E-state index contributed by atoms with van der Waals surface area (Å²) in [5.41, 5.74) is 16.7. The lowest BCUT2D eigenvalue weighted by atomic mass is 9.67. The molecule has 0 radical (unpaired) electrons. The first-order valence-electron chi connectivity index (χ1n) is 26.4. The largest absolute Gasteiger partial charge is 0.309 e. The van der Waals surface area contributed by atoms with Gasteiger partial charge in [0.2, 0.25) is 0 Å². The van der Waals surface area contributed by atoms with Crippen molar-refractivity contribution in [2.45, 2.75) is 5.41 Å². The third-order valence-corrected chi connectivity index (χ3v) is 21.3. The van der Waals surface area contributed by atoms with Gasteiger partial charge in [0.1, 0.15) is 0 Å². The van der Waals surface area contributed by atoms with Gasteiger partial charge in [0.15, 0.2) is 8.07 Å². The van der Waals surface area contributed by atoms with Crippen molar-refractivity contribution in [1.82, 2.24) is 9.13 Å². The van der Waals surface area contributed by atoms with Gasteiger partial charge in [-0.05, 0) is 120 Å². The molecule has 14 aromatic rings. The fourth-order valence-electron chi connectivity index (χ4n) is 13.5. The highest BCUT2D eigenvalue weighted by atomic mass is 28.3. The van der Waals surface area contributed by atoms with Crippen molar-refractivity contribution in [3.63, 3.8) is 0 Å². The summed E-state index contributed by atoms with van der Waals surface area (Å²) >= 11 is 0. The van der Waals surface area contributed by atoms with Crippen molar-refractivity contribution in [3.8, 4) is 33.6 Å². The molecule has 0 saturated carbocycles. The van der Waals surface area contributed by atoms with E-state index in [2.05, 4.69) is 312 Å². The van der Waals surface area contributed by atoms with Crippen molar-refractivity contribution in [2.75, 3.05) is 0 Å². The monoisotopic (exact) mass is 982 g/mol. The number of para-hydroxylation sites is 2. The molecule has 2 nitrogen and oxygen atoms in total. The fraction of sp³-hybridized carbons (Fsp3) is 0.0137. The Bertz CT molecular complexity index is 4360. The van der Waals surface area contributed by atoms with Gasteiger partial charge in [0.05, 0.1) is 27.5 Å². The topological polar surface area (TPSA) is 9.86 Å². The molecule has 76 heavy (non-hydrogen) atoms. The van der Waals surface area contributed by atoms with E-state index in [-0.39, 0.29) is 0 Å². The van der Waals surface area contributed by atoms with Gasteiger partial charge in [-0.2, -0.15) is 0 Å². The molecule has 3 heteroatoms. The third kappa shape index (κ3) is 6.40. The first-order valence-corrected chi connectivity index (χ1v) is 28.4. The number of hydrogen-bond acceptors (Lipinski definition) is 0. The number of nitrogens with zero attached hydrogens (tertiary/aromatic N) is 2. The van der Waals surface area contributed by atoms with Crippen LogP contribution in [0.2, 0.25) is 0 Å². The molecule has 0 N–H and O–H groups in total. The van der Waals surface area contributed by atoms with Crippen LogP contribution in [0.15, 0.2) is 303 Å². The second kappa shape index (κ2) is 17.6. The molecule has 2 heterocycles. The highest BCUT2D eigenvalue weighted by Gasteiger charge is 2.46. The standard InChI is InChI=1S/C73H50N2Si/c1-6-24-52(25-7-1)73(53-26-8-2-9-27-53)66-40-19-16-36-61(66)62-46-44-51(48-67(62)73)60-39-23-43-71-72(60)64-38-18-21-42-69(64)75(71)55-45-47-70-65(50-55)63-37-17-20-41-68(63)74(70)54-28-22-35-59(49-54)76(56-29-10-3-11-30-56,57-31-12-4-13-32-57)58-33-14-5-15-34-58/h1-50H. The molecule has 12 aromatic carbocycles. The molecule has 356 valence electrons. The second-order valence-corrected chi connectivity index (χ2v) is 24.1. The smallest absolute Gasteiger partial charge is 0.179 e. The van der Waals surface area contributed by atoms with E-state index in [9.17, 15) is 0 Å². The summed E-state index contributed by atoms with van der Waals surface area (Å²) in [4.78, 5) is 0. The van der Waals surface area contributed by atoms with Crippen LogP contribution in [0.25, 0.3) is 77.2 Å². The van der Waals surface area contributed by atoms with Gasteiger partial charge in [-0.25, -0.2) is 0 Å². The number of benzene rings is 12. The van der Waals surface area contributed by atoms with E-state index < -0.39 is 13.5 Å². The zero-order chi connectivity index (χ0) is 50.2. The van der Waals surface area contributed by atoms with E-state index in [0.29, 0.717) is 0 Å². The second-order valence-electron chi connectivity index (χ2n) is 20.3. The van der Waals surface area contributed by atoms with E-state index >= 15 is 0 Å². The van der Waals surface area contributed by atoms with E-state index in [1.54, 1.807) is 0 Å². The lowest BCUT2D eigenvalue weighted by molar-refractivity contribution is 0.769. The van der Waals surface area contributed by atoms with Crippen molar-refractivity contribution in [3.05, 3.63) is 326 Å². The molecule has 1 aliphatic carbocycles. The van der Waals surface area contributed by atoms with E-state index in [4.69, 9.17) is 0 Å². The van der Waals surface area contributed by atoms with Gasteiger partial charge in [-0.3, -0.25) is 0 Å². The predicted molar refractivity (Wildman–Crippen MR) is 321 cm³/mol. The Labute approximate surface area is 443 Å². The SMILES string of the molecule is c1ccc(C2(c3ccccc3)c3ccccc3-c3ccc(-c4cccc5c4c4ccccc4n5-c4ccc5c(c4)c4ccccc4n5-c4cccc([Si](c5ccccc5)(c5ccccc5)c5ccccc5)c4)cc32)cc1. The van der Waals surface area contributed by atoms with Crippen molar-refractivity contribution >= 4 is 72.4 Å². The molecule has 0 atom stereocenters. The van der Waals surface area contributed by atoms with Crippen LogP contribution in [0, 0.1) is 0 Å². The highest BCUT2D eigenvalue weighted by Crippen LogP contribution is 2.57. The van der Waals surface area contributed by atoms with Crippen LogP contribution in [0.4, 0.5) is 0 Å². The minimum Gasteiger partial charge on any atom is -0.309 e. The Morgan fingerprint density at radius 3 is 1.38 bits per heavy atom. The average Bonchev–Trinajstić information content (AvgIpc) is 4.15. The summed E-state index contributed by atoms with van der Waals surface area (Å²) in [5.74, 6) is 0. The van der Waals surface area contributed by atoms with Crippen molar-refractivity contribution in [2.24, 2.45) is 0 Å². The fourth-order valence-corrected chi connectivity index (χ4v) is 18.3. The number of hydrogen-bond donors (Lipinski definition) is 0. The van der Waals surface area contributed by atoms with Crippen LogP contribution in [0.1, 0.15) is 22.3 Å². The summed E-state index contributed by atoms with van der Waals surface area (Å²) in [5, 5.41) is 10.4. The molecule has 1 aliphatic rings. The highest BCUT2D eigenvalue weighted by molar-refractivity contribution is 7.19. The Morgan fingerprint density at radius 1 is 0.263 bits per heavy atom. The summed E-state index contributed by atoms with van der Waals surface area (Å²) in [6.07, 6.45) is 0. The lowest BCUT2D eigenvalue weighted by Gasteiger charge is -2.34. The number of fused-ring (bicyclic) bond motifs is 9. The van der Waals surface area contributed by atoms with E-state index in [0.717, 1.165) is 11.4 Å². The van der Waals surface area contributed by atoms with E-state index in [1.807, 2.05) is 0 Å². The molecular weight excluding hydrogens is 933 g/mol. The summed E-state index contributed by atoms with van der Waals surface area (Å²) in [6.45, 7) is 0. The molecule has 0 unspecified atom stereocenters. The van der Waals surface area contributed by atoms with Gasteiger partial charge in [0.25, 0.3) is 0 Å². The third-order valence-electron chi connectivity index (χ3n) is 16.5. The molecule has 0 aliphatic heterocycles. The van der Waals surface area contributed by atoms with Crippen molar-refractivity contribution < 1.29 is 0 Å². The quantitative estimate of drug-likeness (QED) is 0.101. The van der Waals surface area contributed by atoms with Gasteiger partial charge < -0.3 is 9.13 Å². The maximum atomic E-state index is 2.50. The molecule has 0 amide bonds. The Kier molecular flexibility index (Phi) is 10.2. The molecular formula is C73H50N2Si. The van der Waals surface area contributed by atoms with Gasteiger partial charge in [-0.1, -0.05) is 249 Å². The van der Waals surface area contributed by atoms with Gasteiger partial charge >= 0.3 is 0 Å². The minimum absolute atomic E-state index is 0.487. The maximum Gasteiger partial charge on any atom is 0.179 e. The molecule has 0 bridgehead atoms. The normalized spacial score (nSPS) is 12.8. The summed E-state index contributed by atoms with van der Waals surface area (Å²) in [6, 6.07) is 113. The molecule has 2 aromatic heterocycles. The molecule has 0 saturated heterocycles. The predicted octanol–water partition coefficient (Wildman–Crippen LogP) is 15.3. The Balaban J connectivity index is 0.917. The van der Waals surface area contributed by atoms with Gasteiger partial charge in [0, 0.05) is 32.9 Å². The van der Waals surface area contributed by atoms with Gasteiger partial charge in [-0.15, -0.1) is 0 Å². The van der Waals surface area contributed by atoms with Crippen LogP contribution in [-0.2, 0) is 5.41 Å². The van der Waals surface area contributed by atoms with E-state index in [1.165, 1.54) is 109 Å². The van der Waals surface area contributed by atoms with Crippen LogP contribution in [0.5, 0.6) is 0 Å². The molecule has 15 rings (SSSR count). The maximum absolute atomic E-state index is 2.78. The number of aromatic nitrogens is 2. The van der Waals surface area contributed by atoms with Crippen LogP contribution in [-0.4, -0.2) is 17.2 Å². The number of rotatable bonds is 9. The molecule has 0 spiro atoms. The van der Waals surface area contributed by atoms with Crippen LogP contribution < -0.4 is 20.7 Å². The lowest BCUT2D eigenvalue weighted by Crippen LogP contribution is -2.74. The van der Waals surface area contributed by atoms with Crippen LogP contribution in [0.3, 0.4) is 0 Å². The zero-order valence-electron chi connectivity index (χ0n) is 41.8. The Morgan fingerprint density at radius 2 is 0.724 bits per heavy atom. The van der Waals surface area contributed by atoms with Crippen LogP contribution >= 0.6 is 0 Å². The average molecular weight is 983 g/mol. The summed E-state index contributed by atoms with van der Waals surface area (Å²) < 4.78 is 4.97.